The van der Waals surface area contributed by atoms with E-state index in [2.05, 4.69) is 10.3 Å². The van der Waals surface area contributed by atoms with E-state index in [0.717, 1.165) is 5.39 Å². The number of likely N-dealkylation sites (N-methyl/N-ethyl adjacent to an activating group) is 1. The van der Waals surface area contributed by atoms with E-state index in [1.165, 1.54) is 4.90 Å². The molecular formula is C20H22F3N3O6S. The van der Waals surface area contributed by atoms with Crippen LogP contribution in [0.15, 0.2) is 36.4 Å². The molecule has 0 radical (unpaired) electrons. The zero-order valence-electron chi connectivity index (χ0n) is 17.5. The number of pyridine rings is 1. The zero-order valence-corrected chi connectivity index (χ0v) is 18.3. The third-order valence-corrected chi connectivity index (χ3v) is 6.65. The number of nitrogens with zero attached hydrogens (tertiary/aromatic N) is 2. The number of hydrogen-bond donors (Lipinski definition) is 2. The van der Waals surface area contributed by atoms with Crippen molar-refractivity contribution in [3.05, 3.63) is 42.1 Å². The molecular weight excluding hydrogens is 467 g/mol. The molecule has 2 aromatic rings. The molecule has 9 nitrogen and oxygen atoms in total. The molecule has 1 fully saturated rings. The topological polar surface area (TPSA) is 134 Å². The molecule has 0 saturated carbocycles. The summed E-state index contributed by atoms with van der Waals surface area (Å²) in [5.74, 6) is -3.22. The zero-order chi connectivity index (χ0) is 24.8. The number of fused-ring (bicyclic) bond motifs is 1. The first kappa shape index (κ1) is 26.0. The van der Waals surface area contributed by atoms with Crippen LogP contribution in [-0.4, -0.2) is 78.5 Å². The Kier molecular flexibility index (Phi) is 8.36. The molecule has 0 bridgehead atoms. The number of aliphatic carboxylic acids is 1. The summed E-state index contributed by atoms with van der Waals surface area (Å²) in [6.07, 6.45) is -4.21. The summed E-state index contributed by atoms with van der Waals surface area (Å²) in [6, 6.07) is 10.8. The maximum atomic E-state index is 12.3. The van der Waals surface area contributed by atoms with Gasteiger partial charge in [-0.25, -0.2) is 18.2 Å². The first-order valence-corrected chi connectivity index (χ1v) is 11.5. The number of hydrogen-bond acceptors (Lipinski definition) is 6. The molecule has 2 amide bonds. The van der Waals surface area contributed by atoms with Crippen LogP contribution in [0.3, 0.4) is 0 Å². The number of para-hydroxylation sites is 1. The Labute approximate surface area is 187 Å². The number of rotatable bonds is 4. The summed E-state index contributed by atoms with van der Waals surface area (Å²) in [7, 11) is -1.33. The van der Waals surface area contributed by atoms with Crippen molar-refractivity contribution in [3.8, 4) is 0 Å². The Balaban J connectivity index is 0.000000479. The predicted molar refractivity (Wildman–Crippen MR) is 112 cm³/mol. The van der Waals surface area contributed by atoms with E-state index in [9.17, 15) is 31.2 Å². The molecule has 0 unspecified atom stereocenters. The Bertz CT molecular complexity index is 1120. The highest BCUT2D eigenvalue weighted by molar-refractivity contribution is 7.91. The van der Waals surface area contributed by atoms with Crippen molar-refractivity contribution >= 4 is 38.5 Å². The van der Waals surface area contributed by atoms with Gasteiger partial charge in [0, 0.05) is 18.5 Å². The number of nitrogens with one attached hydrogen (secondary N) is 1. The van der Waals surface area contributed by atoms with Gasteiger partial charge in [-0.2, -0.15) is 13.2 Å². The highest BCUT2D eigenvalue weighted by atomic mass is 32.2. The molecule has 0 spiro atoms. The summed E-state index contributed by atoms with van der Waals surface area (Å²) < 4.78 is 54.7. The van der Waals surface area contributed by atoms with E-state index >= 15 is 0 Å². The highest BCUT2D eigenvalue weighted by Gasteiger charge is 2.38. The van der Waals surface area contributed by atoms with E-state index in [0.29, 0.717) is 18.4 Å². The van der Waals surface area contributed by atoms with E-state index in [4.69, 9.17) is 9.90 Å². The molecule has 33 heavy (non-hydrogen) atoms. The Morgan fingerprint density at radius 2 is 1.70 bits per heavy atom. The first-order valence-electron chi connectivity index (χ1n) is 9.70. The summed E-state index contributed by atoms with van der Waals surface area (Å²) in [5.41, 5.74) is 0.968. The number of aromatic nitrogens is 1. The van der Waals surface area contributed by atoms with Gasteiger partial charge in [-0.05, 0) is 25.0 Å². The smallest absolute Gasteiger partial charge is 0.475 e. The van der Waals surface area contributed by atoms with Crippen molar-refractivity contribution in [2.75, 3.05) is 25.1 Å². The second kappa shape index (κ2) is 10.6. The fourth-order valence-electron chi connectivity index (χ4n) is 3.03. The molecule has 0 atom stereocenters. The Hall–Kier alpha value is -3.22. The van der Waals surface area contributed by atoms with Crippen LogP contribution in [0, 0.1) is 0 Å². The molecule has 3 rings (SSSR count). The second-order valence-corrected chi connectivity index (χ2v) is 9.57. The summed E-state index contributed by atoms with van der Waals surface area (Å²) in [5, 5.41) is 10.7. The van der Waals surface area contributed by atoms with Crippen LogP contribution in [0.2, 0.25) is 0 Å². The average molecular weight is 489 g/mol. The predicted octanol–water partition coefficient (Wildman–Crippen LogP) is 1.63. The normalized spacial score (nSPS) is 15.8. The largest absolute Gasteiger partial charge is 0.490 e. The molecule has 0 aliphatic carbocycles. The van der Waals surface area contributed by atoms with Crippen molar-refractivity contribution in [2.24, 2.45) is 0 Å². The highest BCUT2D eigenvalue weighted by Crippen LogP contribution is 2.17. The summed E-state index contributed by atoms with van der Waals surface area (Å²) in [6.45, 7) is -0.146. The molecule has 2 N–H and O–H groups in total. The van der Waals surface area contributed by atoms with Gasteiger partial charge in [0.25, 0.3) is 5.91 Å². The fourth-order valence-corrected chi connectivity index (χ4v) is 4.50. The van der Waals surface area contributed by atoms with Gasteiger partial charge in [0.05, 0.1) is 23.6 Å². The van der Waals surface area contributed by atoms with E-state index in [-0.39, 0.29) is 35.7 Å². The van der Waals surface area contributed by atoms with E-state index in [1.807, 2.05) is 30.3 Å². The molecule has 1 aromatic carbocycles. The van der Waals surface area contributed by atoms with Crippen molar-refractivity contribution in [2.45, 2.75) is 25.1 Å². The minimum absolute atomic E-state index is 0.0999. The van der Waals surface area contributed by atoms with Crippen LogP contribution in [0.5, 0.6) is 0 Å². The van der Waals surface area contributed by atoms with Gasteiger partial charge in [0.2, 0.25) is 5.91 Å². The van der Waals surface area contributed by atoms with Gasteiger partial charge in [-0.3, -0.25) is 9.59 Å². The molecule has 13 heteroatoms. The van der Waals surface area contributed by atoms with Crippen molar-refractivity contribution < 1.29 is 41.1 Å². The lowest BCUT2D eigenvalue weighted by atomic mass is 10.1. The first-order chi connectivity index (χ1) is 15.3. The second-order valence-electron chi connectivity index (χ2n) is 7.26. The standard InChI is InChI=1S/C18H21N3O4S.C2HF3O2/c1-21(14-8-10-26(24,25)11-9-14)17(22)12-19-18(23)16-7-6-13-4-2-3-5-15(13)20-16;3-2(4,5)1(6)7/h2-7,14H,8-12H2,1H3,(H,19,23);(H,6,7). The molecule has 1 saturated heterocycles. The van der Waals surface area contributed by atoms with Gasteiger partial charge >= 0.3 is 12.1 Å². The maximum absolute atomic E-state index is 12.3. The lowest BCUT2D eigenvalue weighted by Gasteiger charge is -2.31. The number of carboxylic acids is 1. The van der Waals surface area contributed by atoms with Crippen molar-refractivity contribution in [1.82, 2.24) is 15.2 Å². The number of benzene rings is 1. The van der Waals surface area contributed by atoms with Crippen LogP contribution >= 0.6 is 0 Å². The number of carbonyl (C=O) groups excluding carboxylic acids is 2. The number of amides is 2. The van der Waals surface area contributed by atoms with Gasteiger partial charge < -0.3 is 15.3 Å². The van der Waals surface area contributed by atoms with Crippen LogP contribution in [0.4, 0.5) is 13.2 Å². The van der Waals surface area contributed by atoms with Gasteiger partial charge in [-0.1, -0.05) is 24.3 Å². The van der Waals surface area contributed by atoms with Crippen LogP contribution in [0.1, 0.15) is 23.3 Å². The third kappa shape index (κ3) is 7.70. The average Bonchev–Trinajstić information content (AvgIpc) is 2.76. The van der Waals surface area contributed by atoms with E-state index in [1.54, 1.807) is 13.1 Å². The monoisotopic (exact) mass is 489 g/mol. The molecule has 1 aliphatic heterocycles. The SMILES string of the molecule is CN(C(=O)CNC(=O)c1ccc2ccccc2n1)C1CCS(=O)(=O)CC1.O=C(O)C(F)(F)F. The number of sulfone groups is 1. The van der Waals surface area contributed by atoms with Gasteiger partial charge in [0.15, 0.2) is 0 Å². The van der Waals surface area contributed by atoms with Crippen LogP contribution < -0.4 is 5.32 Å². The Morgan fingerprint density at radius 1 is 1.12 bits per heavy atom. The maximum Gasteiger partial charge on any atom is 0.490 e. The number of carboxylic acid groups (broad SMARTS) is 1. The minimum Gasteiger partial charge on any atom is -0.475 e. The molecule has 180 valence electrons. The fraction of sp³-hybridized carbons (Fsp3) is 0.400. The lowest BCUT2D eigenvalue weighted by molar-refractivity contribution is -0.192. The van der Waals surface area contributed by atoms with Gasteiger partial charge in [-0.15, -0.1) is 0 Å². The van der Waals surface area contributed by atoms with Crippen LogP contribution in [0.25, 0.3) is 10.9 Å². The van der Waals surface area contributed by atoms with Crippen molar-refractivity contribution in [3.63, 3.8) is 0 Å². The molecule has 1 aliphatic rings. The molecule has 1 aromatic heterocycles. The lowest BCUT2D eigenvalue weighted by Crippen LogP contribution is -2.46. The van der Waals surface area contributed by atoms with Crippen molar-refractivity contribution in [1.29, 1.82) is 0 Å². The summed E-state index contributed by atoms with van der Waals surface area (Å²) >= 11 is 0. The Morgan fingerprint density at radius 3 is 2.27 bits per heavy atom. The minimum atomic E-state index is -5.08. The van der Waals surface area contributed by atoms with E-state index < -0.39 is 27.9 Å². The number of alkyl halides is 3. The number of carbonyl (C=O) groups is 3. The quantitative estimate of drug-likeness (QED) is 0.667. The third-order valence-electron chi connectivity index (χ3n) is 4.94. The summed E-state index contributed by atoms with van der Waals surface area (Å²) in [4.78, 5) is 39.3. The number of halogens is 3. The molecule has 2 heterocycles. The van der Waals surface area contributed by atoms with Gasteiger partial charge in [0.1, 0.15) is 15.5 Å². The van der Waals surface area contributed by atoms with Crippen LogP contribution in [-0.2, 0) is 19.4 Å².